The lowest BCUT2D eigenvalue weighted by atomic mass is 11.6. The lowest BCUT2D eigenvalue weighted by molar-refractivity contribution is -0.0572. The Labute approximate surface area is 64.4 Å². The van der Waals surface area contributed by atoms with Crippen molar-refractivity contribution in [2.45, 2.75) is 5.92 Å². The molecule has 1 heterocycles. The molecule has 0 saturated carbocycles. The summed E-state index contributed by atoms with van der Waals surface area (Å²) in [5, 5.41) is 0. The van der Waals surface area contributed by atoms with Crippen LogP contribution in [0, 0.1) is 0 Å². The smallest absolute Gasteiger partial charge is 0.330 e. The van der Waals surface area contributed by atoms with Crippen LogP contribution in [0.4, 0.5) is 13.2 Å². The summed E-state index contributed by atoms with van der Waals surface area (Å²) in [6.07, 6.45) is 0. The standard InChI is InChI=1S/C2H3F3O5P2/c3-2(4,5)11(6,7)12(8)9-1-10-12/h1H2,(H,6,7). The topological polar surface area (TPSA) is 72.8 Å². The van der Waals surface area contributed by atoms with E-state index in [-0.39, 0.29) is 0 Å². The molecule has 0 aromatic carbocycles. The Morgan fingerprint density at radius 1 is 1.42 bits per heavy atom. The maximum atomic E-state index is 11.7. The molecule has 12 heavy (non-hydrogen) atoms. The lowest BCUT2D eigenvalue weighted by Gasteiger charge is -2.29. The molecule has 1 fully saturated rings. The van der Waals surface area contributed by atoms with Gasteiger partial charge in [-0.05, 0) is 0 Å². The summed E-state index contributed by atoms with van der Waals surface area (Å²) in [6.45, 7) is -0.655. The van der Waals surface area contributed by atoms with Gasteiger partial charge in [0.15, 0.2) is 6.79 Å². The van der Waals surface area contributed by atoms with Crippen LogP contribution in [-0.2, 0) is 18.2 Å². The van der Waals surface area contributed by atoms with E-state index < -0.39 is 27.1 Å². The third-order valence-electron chi connectivity index (χ3n) is 1.09. The summed E-state index contributed by atoms with van der Waals surface area (Å²) in [6, 6.07) is 0. The van der Waals surface area contributed by atoms with Crippen molar-refractivity contribution in [2.75, 3.05) is 6.79 Å². The van der Waals surface area contributed by atoms with Crippen LogP contribution in [0.5, 0.6) is 0 Å². The number of hydrogen-bond donors (Lipinski definition) is 1. The average molecular weight is 226 g/mol. The molecule has 1 saturated heterocycles. The second kappa shape index (κ2) is 2.56. The monoisotopic (exact) mass is 226 g/mol. The average Bonchev–Trinajstić information content (AvgIpc) is 1.79. The van der Waals surface area contributed by atoms with E-state index in [1.807, 2.05) is 0 Å². The van der Waals surface area contributed by atoms with E-state index in [2.05, 4.69) is 9.05 Å². The van der Waals surface area contributed by atoms with Gasteiger partial charge in [0.1, 0.15) is 0 Å². The van der Waals surface area contributed by atoms with Gasteiger partial charge in [-0.15, -0.1) is 0 Å². The quantitative estimate of drug-likeness (QED) is 0.691. The zero-order valence-corrected chi connectivity index (χ0v) is 7.10. The Kier molecular flexibility index (Phi) is 2.18. The van der Waals surface area contributed by atoms with Gasteiger partial charge >= 0.3 is 20.3 Å². The van der Waals surface area contributed by atoms with Crippen molar-refractivity contribution in [3.63, 3.8) is 0 Å². The number of rotatable bonds is 1. The molecular formula is C2H3F3O5P2. The van der Waals surface area contributed by atoms with Crippen molar-refractivity contribution >= 4 is 14.3 Å². The van der Waals surface area contributed by atoms with Crippen LogP contribution in [0.25, 0.3) is 0 Å². The van der Waals surface area contributed by atoms with Gasteiger partial charge in [0, 0.05) is 0 Å². The minimum atomic E-state index is -5.88. The van der Waals surface area contributed by atoms with Gasteiger partial charge in [-0.1, -0.05) is 0 Å². The Morgan fingerprint density at radius 2 is 1.83 bits per heavy atom. The molecule has 1 aliphatic heterocycles. The maximum absolute atomic E-state index is 11.7. The Bertz CT molecular complexity index is 275. The third kappa shape index (κ3) is 1.24. The molecular weight excluding hydrogens is 223 g/mol. The Morgan fingerprint density at radius 3 is 1.92 bits per heavy atom. The first-order valence-corrected chi connectivity index (χ1v) is 6.41. The molecule has 0 aliphatic carbocycles. The molecule has 0 bridgehead atoms. The highest BCUT2D eigenvalue weighted by molar-refractivity contribution is 8.30. The Balaban J connectivity index is 3.01. The molecule has 1 N–H and O–H groups in total. The van der Waals surface area contributed by atoms with Crippen LogP contribution >= 0.6 is 14.3 Å². The van der Waals surface area contributed by atoms with Gasteiger partial charge < -0.3 is 4.89 Å². The molecule has 0 amide bonds. The van der Waals surface area contributed by atoms with Crippen LogP contribution in [-0.4, -0.2) is 17.6 Å². The van der Waals surface area contributed by atoms with Gasteiger partial charge in [-0.3, -0.25) is 13.6 Å². The normalized spacial score (nSPS) is 27.3. The first-order valence-electron chi connectivity index (χ1n) is 2.50. The fourth-order valence-corrected chi connectivity index (χ4v) is 3.37. The molecule has 72 valence electrons. The molecule has 1 aliphatic rings. The molecule has 0 aromatic heterocycles. The highest BCUT2D eigenvalue weighted by Crippen LogP contribution is 2.89. The molecule has 1 atom stereocenters. The summed E-state index contributed by atoms with van der Waals surface area (Å²) in [7, 11) is -10.7. The van der Waals surface area contributed by atoms with Gasteiger partial charge in [-0.2, -0.15) is 13.2 Å². The number of hydrogen-bond acceptors (Lipinski definition) is 4. The summed E-state index contributed by atoms with van der Waals surface area (Å²) >= 11 is 0. The second-order valence-corrected chi connectivity index (χ2v) is 8.00. The van der Waals surface area contributed by atoms with Gasteiger partial charge in [0.2, 0.25) is 0 Å². The predicted octanol–water partition coefficient (Wildman–Crippen LogP) is 1.89. The maximum Gasteiger partial charge on any atom is 0.477 e. The van der Waals surface area contributed by atoms with E-state index in [1.54, 1.807) is 0 Å². The van der Waals surface area contributed by atoms with E-state index in [0.717, 1.165) is 0 Å². The van der Waals surface area contributed by atoms with Gasteiger partial charge in [0.05, 0.1) is 0 Å². The SMILES string of the molecule is O=P1(P(=O)(O)C(F)(F)F)OCO1. The van der Waals surface area contributed by atoms with E-state index in [4.69, 9.17) is 4.89 Å². The van der Waals surface area contributed by atoms with Crippen LogP contribution in [0.2, 0.25) is 0 Å². The molecule has 1 unspecified atom stereocenters. The zero-order valence-electron chi connectivity index (χ0n) is 5.32. The number of alkyl halides is 3. The van der Waals surface area contributed by atoms with E-state index in [0.29, 0.717) is 0 Å². The van der Waals surface area contributed by atoms with Crippen molar-refractivity contribution < 1.29 is 36.2 Å². The summed E-state index contributed by atoms with van der Waals surface area (Å²) in [4.78, 5) is 8.35. The van der Waals surface area contributed by atoms with Crippen LogP contribution in [0.3, 0.4) is 0 Å². The second-order valence-electron chi connectivity index (χ2n) is 1.86. The predicted molar refractivity (Wildman–Crippen MR) is 30.5 cm³/mol. The molecule has 1 rings (SSSR count). The fraction of sp³-hybridized carbons (Fsp3) is 1.00. The Hall–Kier alpha value is 0.130. The highest BCUT2D eigenvalue weighted by Gasteiger charge is 2.68. The molecule has 5 nitrogen and oxygen atoms in total. The summed E-state index contributed by atoms with van der Waals surface area (Å²) in [5.74, 6) is -5.47. The van der Waals surface area contributed by atoms with E-state index in [1.165, 1.54) is 0 Å². The largest absolute Gasteiger partial charge is 0.477 e. The number of halogens is 3. The summed E-state index contributed by atoms with van der Waals surface area (Å²) < 4.78 is 63.9. The van der Waals surface area contributed by atoms with Crippen molar-refractivity contribution in [3.8, 4) is 0 Å². The summed E-state index contributed by atoms with van der Waals surface area (Å²) in [5.41, 5.74) is 0. The minimum Gasteiger partial charge on any atom is -0.330 e. The van der Waals surface area contributed by atoms with E-state index >= 15 is 0 Å². The fourth-order valence-electron chi connectivity index (χ4n) is 0.438. The van der Waals surface area contributed by atoms with Crippen molar-refractivity contribution in [1.82, 2.24) is 0 Å². The molecule has 10 heteroatoms. The minimum absolute atomic E-state index is 0.655. The molecule has 0 spiro atoms. The van der Waals surface area contributed by atoms with Crippen molar-refractivity contribution in [1.29, 1.82) is 0 Å². The first-order chi connectivity index (χ1) is 5.21. The van der Waals surface area contributed by atoms with Crippen LogP contribution in [0.15, 0.2) is 0 Å². The van der Waals surface area contributed by atoms with Gasteiger partial charge in [-0.25, -0.2) is 4.57 Å². The third-order valence-corrected chi connectivity index (χ3v) is 6.65. The lowest BCUT2D eigenvalue weighted by Crippen LogP contribution is -2.17. The van der Waals surface area contributed by atoms with Gasteiger partial charge in [0.25, 0.3) is 0 Å². The van der Waals surface area contributed by atoms with Crippen LogP contribution < -0.4 is 0 Å². The molecule has 0 aromatic rings. The first kappa shape index (κ1) is 10.2. The molecule has 0 radical (unpaired) electrons. The van der Waals surface area contributed by atoms with Crippen LogP contribution in [0.1, 0.15) is 0 Å². The van der Waals surface area contributed by atoms with E-state index in [9.17, 15) is 22.3 Å². The zero-order chi connectivity index (χ0) is 9.62. The van der Waals surface area contributed by atoms with Crippen molar-refractivity contribution in [3.05, 3.63) is 0 Å². The van der Waals surface area contributed by atoms with Crippen molar-refractivity contribution in [2.24, 2.45) is 0 Å². The highest BCUT2D eigenvalue weighted by atomic mass is 32.1.